The first-order valence-electron chi connectivity index (χ1n) is 8.12. The number of anilines is 1. The van der Waals surface area contributed by atoms with Crippen LogP contribution < -0.4 is 10.6 Å². The van der Waals surface area contributed by atoms with E-state index in [2.05, 4.69) is 10.6 Å². The molecule has 2 amide bonds. The van der Waals surface area contributed by atoms with Crippen LogP contribution in [0, 0.1) is 0 Å². The van der Waals surface area contributed by atoms with Crippen molar-refractivity contribution in [1.82, 2.24) is 9.62 Å². The Balaban J connectivity index is 1.70. The molecule has 1 aliphatic heterocycles. The van der Waals surface area contributed by atoms with Gasteiger partial charge in [0, 0.05) is 23.7 Å². The molecular weight excluding hydrogens is 394 g/mol. The summed E-state index contributed by atoms with van der Waals surface area (Å²) < 4.78 is 25.6. The lowest BCUT2D eigenvalue weighted by Gasteiger charge is -2.28. The molecule has 6 nitrogen and oxygen atoms in total. The van der Waals surface area contributed by atoms with Crippen LogP contribution in [0.4, 0.5) is 10.5 Å². The number of nitrogens with zero attached hydrogens (tertiary/aromatic N) is 1. The number of hydrogen-bond acceptors (Lipinski definition) is 4. The van der Waals surface area contributed by atoms with Crippen molar-refractivity contribution in [3.63, 3.8) is 0 Å². The van der Waals surface area contributed by atoms with Crippen molar-refractivity contribution in [2.45, 2.75) is 25.9 Å². The van der Waals surface area contributed by atoms with E-state index in [1.165, 1.54) is 21.9 Å². The maximum atomic E-state index is 12.4. The van der Waals surface area contributed by atoms with Crippen LogP contribution >= 0.6 is 22.9 Å². The number of rotatable bonds is 4. The summed E-state index contributed by atoms with van der Waals surface area (Å²) in [5.41, 5.74) is 2.61. The highest BCUT2D eigenvalue weighted by atomic mass is 35.5. The van der Waals surface area contributed by atoms with Gasteiger partial charge in [-0.1, -0.05) is 23.7 Å². The van der Waals surface area contributed by atoms with E-state index in [4.69, 9.17) is 11.6 Å². The maximum Gasteiger partial charge on any atom is 0.319 e. The molecule has 0 radical (unpaired) electrons. The summed E-state index contributed by atoms with van der Waals surface area (Å²) >= 11 is 7.37. The van der Waals surface area contributed by atoms with Gasteiger partial charge < -0.3 is 10.6 Å². The molecule has 0 aliphatic carbocycles. The Morgan fingerprint density at radius 1 is 1.31 bits per heavy atom. The SMILES string of the molecule is CC(NC(=O)Nc1cccc2c1CCN(S(C)(=O)=O)C2)c1ccc(Cl)s1. The van der Waals surface area contributed by atoms with Crippen molar-refractivity contribution >= 4 is 44.7 Å². The lowest BCUT2D eigenvalue weighted by molar-refractivity contribution is 0.249. The van der Waals surface area contributed by atoms with Gasteiger partial charge in [-0.3, -0.25) is 0 Å². The Bertz CT molecular complexity index is 927. The summed E-state index contributed by atoms with van der Waals surface area (Å²) in [6, 6.07) is 8.78. The third-order valence-corrected chi connectivity index (χ3v) is 6.98. The van der Waals surface area contributed by atoms with Crippen LogP contribution in [0.5, 0.6) is 0 Å². The molecule has 9 heteroatoms. The summed E-state index contributed by atoms with van der Waals surface area (Å²) in [5.74, 6) is 0. The van der Waals surface area contributed by atoms with Gasteiger partial charge in [0.05, 0.1) is 16.6 Å². The summed E-state index contributed by atoms with van der Waals surface area (Å²) in [6.07, 6.45) is 1.78. The van der Waals surface area contributed by atoms with Crippen LogP contribution in [-0.4, -0.2) is 31.6 Å². The molecule has 0 bridgehead atoms. The Hall–Kier alpha value is -1.61. The molecule has 0 saturated carbocycles. The first-order valence-corrected chi connectivity index (χ1v) is 11.2. The molecule has 1 aromatic heterocycles. The van der Waals surface area contributed by atoms with Crippen molar-refractivity contribution in [1.29, 1.82) is 0 Å². The fourth-order valence-electron chi connectivity index (χ4n) is 2.97. The Morgan fingerprint density at radius 3 is 2.73 bits per heavy atom. The van der Waals surface area contributed by atoms with Crippen LogP contribution in [0.2, 0.25) is 4.34 Å². The van der Waals surface area contributed by atoms with E-state index < -0.39 is 10.0 Å². The summed E-state index contributed by atoms with van der Waals surface area (Å²) in [6.45, 7) is 2.64. The van der Waals surface area contributed by atoms with Gasteiger partial charge in [0.15, 0.2) is 0 Å². The van der Waals surface area contributed by atoms with Gasteiger partial charge in [0.25, 0.3) is 0 Å². The number of halogens is 1. The topological polar surface area (TPSA) is 78.5 Å². The van der Waals surface area contributed by atoms with Crippen LogP contribution in [-0.2, 0) is 23.0 Å². The number of hydrogen-bond donors (Lipinski definition) is 2. The minimum atomic E-state index is -3.23. The van der Waals surface area contributed by atoms with Crippen LogP contribution in [0.1, 0.15) is 29.0 Å². The second-order valence-electron chi connectivity index (χ2n) is 6.25. The molecule has 0 fully saturated rings. The van der Waals surface area contributed by atoms with E-state index in [-0.39, 0.29) is 12.1 Å². The van der Waals surface area contributed by atoms with Crippen molar-refractivity contribution < 1.29 is 13.2 Å². The number of sulfonamides is 1. The zero-order valence-corrected chi connectivity index (χ0v) is 16.8. The van der Waals surface area contributed by atoms with Crippen molar-refractivity contribution in [2.75, 3.05) is 18.1 Å². The number of amides is 2. The van der Waals surface area contributed by atoms with E-state index in [0.29, 0.717) is 29.5 Å². The van der Waals surface area contributed by atoms with E-state index in [0.717, 1.165) is 16.0 Å². The van der Waals surface area contributed by atoms with Gasteiger partial charge in [-0.05, 0) is 42.7 Å². The number of nitrogens with one attached hydrogen (secondary N) is 2. The van der Waals surface area contributed by atoms with E-state index >= 15 is 0 Å². The predicted octanol–water partition coefficient (Wildman–Crippen LogP) is 3.60. The molecule has 1 atom stereocenters. The number of carbonyl (C=O) groups is 1. The average molecular weight is 414 g/mol. The molecule has 0 spiro atoms. The van der Waals surface area contributed by atoms with E-state index in [9.17, 15) is 13.2 Å². The van der Waals surface area contributed by atoms with E-state index in [1.54, 1.807) is 6.07 Å². The number of fused-ring (bicyclic) bond motifs is 1. The number of thiophene rings is 1. The Labute approximate surface area is 162 Å². The molecule has 2 heterocycles. The van der Waals surface area contributed by atoms with Crippen molar-refractivity contribution in [2.24, 2.45) is 0 Å². The molecular formula is C17H20ClN3O3S2. The first-order chi connectivity index (χ1) is 12.2. The molecule has 3 rings (SSSR count). The maximum absolute atomic E-state index is 12.4. The zero-order chi connectivity index (χ0) is 18.9. The minimum absolute atomic E-state index is 0.159. The van der Waals surface area contributed by atoms with Gasteiger partial charge in [0.2, 0.25) is 10.0 Å². The standard InChI is InChI=1S/C17H20ClN3O3S2/c1-11(15-6-7-16(18)25-15)19-17(22)20-14-5-3-4-12-10-21(26(2,23)24)9-8-13(12)14/h3-7,11H,8-10H2,1-2H3,(H2,19,20,22). The number of urea groups is 1. The molecule has 2 aromatic rings. The zero-order valence-electron chi connectivity index (χ0n) is 14.5. The largest absolute Gasteiger partial charge is 0.331 e. The second kappa shape index (κ2) is 7.56. The van der Waals surface area contributed by atoms with Gasteiger partial charge in [-0.25, -0.2) is 13.2 Å². The Morgan fingerprint density at radius 2 is 2.08 bits per heavy atom. The third-order valence-electron chi connectivity index (χ3n) is 4.32. The predicted molar refractivity (Wildman–Crippen MR) is 105 cm³/mol. The quantitative estimate of drug-likeness (QED) is 0.803. The average Bonchev–Trinajstić information content (AvgIpc) is 3.00. The summed E-state index contributed by atoms with van der Waals surface area (Å²) in [5, 5.41) is 5.78. The normalized spacial score (nSPS) is 16.0. The molecule has 140 valence electrons. The summed E-state index contributed by atoms with van der Waals surface area (Å²) in [7, 11) is -3.23. The molecule has 26 heavy (non-hydrogen) atoms. The molecule has 1 aromatic carbocycles. The highest BCUT2D eigenvalue weighted by Crippen LogP contribution is 2.28. The molecule has 2 N–H and O–H groups in total. The number of benzene rings is 1. The second-order valence-corrected chi connectivity index (χ2v) is 9.98. The van der Waals surface area contributed by atoms with Crippen LogP contribution in [0.25, 0.3) is 0 Å². The first kappa shape index (κ1) is 19.2. The van der Waals surface area contributed by atoms with Gasteiger partial charge in [-0.2, -0.15) is 4.31 Å². The van der Waals surface area contributed by atoms with Crippen molar-refractivity contribution in [3.05, 3.63) is 50.7 Å². The van der Waals surface area contributed by atoms with Crippen LogP contribution in [0.3, 0.4) is 0 Å². The Kier molecular flexibility index (Phi) is 5.57. The van der Waals surface area contributed by atoms with E-state index in [1.807, 2.05) is 31.2 Å². The van der Waals surface area contributed by atoms with Gasteiger partial charge >= 0.3 is 6.03 Å². The van der Waals surface area contributed by atoms with Crippen LogP contribution in [0.15, 0.2) is 30.3 Å². The van der Waals surface area contributed by atoms with Crippen molar-refractivity contribution in [3.8, 4) is 0 Å². The fourth-order valence-corrected chi connectivity index (χ4v) is 4.83. The molecule has 1 unspecified atom stereocenters. The van der Waals surface area contributed by atoms with Gasteiger partial charge in [0.1, 0.15) is 0 Å². The fraction of sp³-hybridized carbons (Fsp3) is 0.353. The summed E-state index contributed by atoms with van der Waals surface area (Å²) in [4.78, 5) is 13.3. The molecule has 1 aliphatic rings. The third kappa shape index (κ3) is 4.37. The highest BCUT2D eigenvalue weighted by Gasteiger charge is 2.25. The smallest absolute Gasteiger partial charge is 0.319 e. The lowest BCUT2D eigenvalue weighted by Crippen LogP contribution is -2.36. The minimum Gasteiger partial charge on any atom is -0.331 e. The van der Waals surface area contributed by atoms with Gasteiger partial charge in [-0.15, -0.1) is 11.3 Å². The molecule has 0 saturated heterocycles. The lowest BCUT2D eigenvalue weighted by atomic mass is 9.99. The highest BCUT2D eigenvalue weighted by molar-refractivity contribution is 7.88. The number of carbonyl (C=O) groups excluding carboxylic acids is 1. The monoisotopic (exact) mass is 413 g/mol.